The third kappa shape index (κ3) is 3.34. The fourth-order valence-corrected chi connectivity index (χ4v) is 0. The molecule has 3 nitrogen and oxygen atoms in total. The average Bonchev–Trinajstić information content (AvgIpc) is 1.31. The summed E-state index contributed by atoms with van der Waals surface area (Å²) in [7, 11) is -3.89. The third-order valence-electron chi connectivity index (χ3n) is 0.257. The Morgan fingerprint density at radius 1 is 1.43 bits per heavy atom. The van der Waals surface area contributed by atoms with Gasteiger partial charge in [-0.15, -0.1) is 0 Å². The Balaban J connectivity index is 3.79. The fourth-order valence-electron chi connectivity index (χ4n) is 0. The molecule has 0 radical (unpaired) electrons. The fraction of sp³-hybridized carbons (Fsp3) is 0. The molecule has 0 amide bonds. The summed E-state index contributed by atoms with van der Waals surface area (Å²) in [5.74, 6) is 0. The van der Waals surface area contributed by atoms with E-state index in [9.17, 15) is 0 Å². The normalized spacial score (nSPS) is 11.4. The Hall–Kier alpha value is 0.750. The Kier molecular flexibility index (Phi) is 2.60. The summed E-state index contributed by atoms with van der Waals surface area (Å²) >= 11 is 7.41. The van der Waals surface area contributed by atoms with E-state index in [4.69, 9.17) is 14.7 Å². The third-order valence-corrected chi connectivity index (χ3v) is 2.31. The summed E-state index contributed by atoms with van der Waals surface area (Å²) in [5.41, 5.74) is 0. The molecule has 0 aliphatic rings. The van der Waals surface area contributed by atoms with E-state index < -0.39 is 11.9 Å². The summed E-state index contributed by atoms with van der Waals surface area (Å²) < 4.78 is -0.451. The number of thiol groups is 1. The van der Waals surface area contributed by atoms with Gasteiger partial charge >= 0.3 is 7.94 Å². The summed E-state index contributed by atoms with van der Waals surface area (Å²) in [5, 5.41) is 0. The van der Waals surface area contributed by atoms with E-state index in [0.717, 1.165) is 0 Å². The van der Waals surface area contributed by atoms with Crippen molar-refractivity contribution in [1.82, 2.24) is 0 Å². The lowest BCUT2D eigenvalue weighted by Gasteiger charge is -1.95. The molecule has 0 heterocycles. The van der Waals surface area contributed by atoms with Crippen molar-refractivity contribution in [1.29, 1.82) is 0 Å². The number of thiocarbonyl (C=S) groups is 1. The van der Waals surface area contributed by atoms with Crippen LogP contribution in [0.2, 0.25) is 0 Å². The predicted molar refractivity (Wildman–Crippen MR) is 35.2 cm³/mol. The zero-order valence-electron chi connectivity index (χ0n) is 3.14. The molecule has 0 aromatic carbocycles. The smallest absolute Gasteiger partial charge is 0.188 e. The van der Waals surface area contributed by atoms with Gasteiger partial charge in [0, 0.05) is 0 Å². The maximum absolute atomic E-state index is 8.10. The number of hydrogen-bond acceptors (Lipinski definition) is 4. The highest BCUT2D eigenvalue weighted by Gasteiger charge is 2.34. The maximum atomic E-state index is 8.10. The minimum atomic E-state index is -3.89. The van der Waals surface area contributed by atoms with E-state index in [0.29, 0.717) is 0 Å². The molecule has 42 valence electrons. The summed E-state index contributed by atoms with van der Waals surface area (Å²) in [6, 6.07) is 0. The molecule has 0 saturated heterocycles. The van der Waals surface area contributed by atoms with Crippen LogP contribution in [-0.2, 0) is 0 Å². The highest BCUT2D eigenvalue weighted by atomic mass is 32.1. The Morgan fingerprint density at radius 3 is 1.57 bits per heavy atom. The van der Waals surface area contributed by atoms with Crippen LogP contribution in [-0.4, -0.2) is 18.6 Å². The quantitative estimate of drug-likeness (QED) is 0.246. The first kappa shape index (κ1) is 7.75. The molecule has 0 bridgehead atoms. The van der Waals surface area contributed by atoms with Crippen LogP contribution >= 0.6 is 32.8 Å². The van der Waals surface area contributed by atoms with E-state index >= 15 is 0 Å². The first-order valence-corrected chi connectivity index (χ1v) is 3.75. The van der Waals surface area contributed by atoms with Gasteiger partial charge in [-0.3, -0.25) is 0 Å². The molecular weight excluding hydrogens is 155 g/mol. The van der Waals surface area contributed by atoms with Gasteiger partial charge in [-0.2, -0.15) is 14.7 Å². The molecule has 0 aromatic heterocycles. The van der Waals surface area contributed by atoms with Gasteiger partial charge in [0.2, 0.25) is 0 Å². The molecule has 0 saturated carbocycles. The summed E-state index contributed by atoms with van der Waals surface area (Å²) in [6.07, 6.45) is 0. The molecular formula is CH4O3PS2+. The van der Waals surface area contributed by atoms with Crippen molar-refractivity contribution < 1.29 is 14.7 Å². The van der Waals surface area contributed by atoms with E-state index in [-0.39, 0.29) is 0 Å². The van der Waals surface area contributed by atoms with E-state index in [1.54, 1.807) is 0 Å². The molecule has 0 aliphatic heterocycles. The molecule has 6 heteroatoms. The lowest BCUT2D eigenvalue weighted by Crippen LogP contribution is -1.92. The SMILES string of the molecule is O[P+](O)(O)C(=S)S. The topological polar surface area (TPSA) is 60.7 Å². The van der Waals surface area contributed by atoms with Gasteiger partial charge in [0.1, 0.15) is 0 Å². The van der Waals surface area contributed by atoms with Crippen molar-refractivity contribution in [2.24, 2.45) is 0 Å². The summed E-state index contributed by atoms with van der Waals surface area (Å²) in [6.45, 7) is 0. The van der Waals surface area contributed by atoms with Crippen LogP contribution in [0.3, 0.4) is 0 Å². The minimum Gasteiger partial charge on any atom is -0.188 e. The van der Waals surface area contributed by atoms with Gasteiger partial charge in [-0.05, 0) is 12.2 Å². The zero-order chi connectivity index (χ0) is 6.08. The second-order valence-electron chi connectivity index (χ2n) is 0.851. The van der Waals surface area contributed by atoms with E-state index in [1.165, 1.54) is 0 Å². The molecule has 0 fully saturated rings. The molecule has 0 aliphatic carbocycles. The first-order valence-electron chi connectivity index (χ1n) is 1.25. The van der Waals surface area contributed by atoms with Crippen molar-refractivity contribution in [2.45, 2.75) is 0 Å². The molecule has 7 heavy (non-hydrogen) atoms. The monoisotopic (exact) mass is 159 g/mol. The van der Waals surface area contributed by atoms with Gasteiger partial charge < -0.3 is 0 Å². The zero-order valence-corrected chi connectivity index (χ0v) is 5.75. The van der Waals surface area contributed by atoms with Crippen LogP contribution in [0.15, 0.2) is 0 Å². The van der Waals surface area contributed by atoms with Crippen LogP contribution in [0, 0.1) is 0 Å². The molecule has 3 N–H and O–H groups in total. The number of rotatable bonds is 1. The minimum absolute atomic E-state index is 0.451. The van der Waals surface area contributed by atoms with Gasteiger partial charge in [0.15, 0.2) is 0 Å². The Bertz CT molecular complexity index is 85.4. The van der Waals surface area contributed by atoms with Gasteiger partial charge in [-0.1, -0.05) is 12.6 Å². The standard InChI is InChI=1S/CH3O3PS2/c2-5(3,4)1(6)7/h2-4H/p+1. The van der Waals surface area contributed by atoms with Crippen molar-refractivity contribution in [3.8, 4) is 0 Å². The molecule has 0 unspecified atom stereocenters. The number of hydrogen-bond donors (Lipinski definition) is 4. The van der Waals surface area contributed by atoms with Gasteiger partial charge in [0.25, 0.3) is 3.94 Å². The van der Waals surface area contributed by atoms with Crippen molar-refractivity contribution in [3.63, 3.8) is 0 Å². The van der Waals surface area contributed by atoms with Crippen molar-refractivity contribution >= 4 is 36.7 Å². The second-order valence-corrected chi connectivity index (χ2v) is 4.25. The lowest BCUT2D eigenvalue weighted by molar-refractivity contribution is 0.353. The van der Waals surface area contributed by atoms with E-state index in [1.807, 2.05) is 0 Å². The highest BCUT2D eigenvalue weighted by molar-refractivity contribution is 8.27. The molecule has 0 rings (SSSR count). The Morgan fingerprint density at radius 2 is 1.57 bits per heavy atom. The first-order chi connectivity index (χ1) is 2.94. The van der Waals surface area contributed by atoms with Crippen LogP contribution in [0.25, 0.3) is 0 Å². The largest absolute Gasteiger partial charge is 0.459 e. The predicted octanol–water partition coefficient (Wildman–Crippen LogP) is -0.0594. The van der Waals surface area contributed by atoms with Crippen LogP contribution < -0.4 is 0 Å². The molecule has 0 spiro atoms. The van der Waals surface area contributed by atoms with Gasteiger partial charge in [0.05, 0.1) is 0 Å². The van der Waals surface area contributed by atoms with Crippen molar-refractivity contribution in [2.75, 3.05) is 0 Å². The molecule has 0 atom stereocenters. The maximum Gasteiger partial charge on any atom is 0.459 e. The average molecular weight is 159 g/mol. The Labute approximate surface area is 52.0 Å². The van der Waals surface area contributed by atoms with Crippen LogP contribution in [0.5, 0.6) is 0 Å². The van der Waals surface area contributed by atoms with Crippen molar-refractivity contribution in [3.05, 3.63) is 0 Å². The highest BCUT2D eigenvalue weighted by Crippen LogP contribution is 2.47. The van der Waals surface area contributed by atoms with E-state index in [2.05, 4.69) is 24.8 Å². The van der Waals surface area contributed by atoms with Gasteiger partial charge in [-0.25, -0.2) is 0 Å². The van der Waals surface area contributed by atoms with Crippen LogP contribution in [0.1, 0.15) is 0 Å². The van der Waals surface area contributed by atoms with Crippen LogP contribution in [0.4, 0.5) is 0 Å². The second kappa shape index (κ2) is 2.35. The lowest BCUT2D eigenvalue weighted by atomic mass is 11.9. The summed E-state index contributed by atoms with van der Waals surface area (Å²) in [4.78, 5) is 24.3. The molecule has 0 aromatic rings.